The summed E-state index contributed by atoms with van der Waals surface area (Å²) >= 11 is 0. The van der Waals surface area contributed by atoms with Crippen LogP contribution in [0.1, 0.15) is 32.8 Å². The van der Waals surface area contributed by atoms with E-state index in [0.29, 0.717) is 6.04 Å². The fourth-order valence-electron chi connectivity index (χ4n) is 1.31. The van der Waals surface area contributed by atoms with Gasteiger partial charge in [-0.3, -0.25) is 4.68 Å². The zero-order valence-electron chi connectivity index (χ0n) is 9.90. The highest BCUT2D eigenvalue weighted by molar-refractivity contribution is 5.46. The third-order valence-corrected chi connectivity index (χ3v) is 2.15. The van der Waals surface area contributed by atoms with Crippen LogP contribution in [0.3, 0.4) is 0 Å². The molecule has 1 rings (SSSR count). The molecule has 0 radical (unpaired) electrons. The van der Waals surface area contributed by atoms with Gasteiger partial charge in [0.25, 0.3) is 0 Å². The number of nitrogens with one attached hydrogen (secondary N) is 1. The summed E-state index contributed by atoms with van der Waals surface area (Å²) in [6, 6.07) is 0.571. The lowest BCUT2D eigenvalue weighted by Gasteiger charge is -2.04. The summed E-state index contributed by atoms with van der Waals surface area (Å²) < 4.78 is 1.94. The van der Waals surface area contributed by atoms with Crippen LogP contribution in [0.5, 0.6) is 0 Å². The van der Waals surface area contributed by atoms with Gasteiger partial charge in [-0.15, -0.1) is 0 Å². The molecule has 0 saturated carbocycles. The lowest BCUT2D eigenvalue weighted by Crippen LogP contribution is -2.23. The highest BCUT2D eigenvalue weighted by atomic mass is 15.3. The maximum atomic E-state index is 4.21. The van der Waals surface area contributed by atoms with Gasteiger partial charge in [0.2, 0.25) is 0 Å². The van der Waals surface area contributed by atoms with Crippen molar-refractivity contribution in [1.82, 2.24) is 15.1 Å². The number of aromatic nitrogens is 2. The average Bonchev–Trinajstić information content (AvgIpc) is 2.65. The molecular weight excluding hydrogens is 186 g/mol. The number of rotatable bonds is 6. The molecule has 15 heavy (non-hydrogen) atoms. The molecular formula is C12H21N3. The Morgan fingerprint density at radius 2 is 2.33 bits per heavy atom. The molecule has 0 fully saturated rings. The molecule has 1 heterocycles. The molecule has 0 unspecified atom stereocenters. The van der Waals surface area contributed by atoms with E-state index in [2.05, 4.69) is 49.5 Å². The summed E-state index contributed by atoms with van der Waals surface area (Å²) in [6.07, 6.45) is 9.34. The van der Waals surface area contributed by atoms with E-state index < -0.39 is 0 Å². The predicted molar refractivity (Wildman–Crippen MR) is 64.7 cm³/mol. The minimum Gasteiger partial charge on any atom is -0.314 e. The van der Waals surface area contributed by atoms with Gasteiger partial charge in [0.15, 0.2) is 0 Å². The highest BCUT2D eigenvalue weighted by Gasteiger charge is 1.92. The van der Waals surface area contributed by atoms with Crippen LogP contribution in [0, 0.1) is 0 Å². The molecule has 0 bridgehead atoms. The summed E-state index contributed by atoms with van der Waals surface area (Å²) in [7, 11) is 0. The molecule has 84 valence electrons. The van der Waals surface area contributed by atoms with Crippen LogP contribution in [-0.2, 0) is 6.54 Å². The van der Waals surface area contributed by atoms with Gasteiger partial charge in [0.05, 0.1) is 6.20 Å². The SMILES string of the molecule is CCn1cc(C=CCCNC(C)C)cn1. The maximum Gasteiger partial charge on any atom is 0.0562 e. The lowest BCUT2D eigenvalue weighted by molar-refractivity contribution is 0.595. The van der Waals surface area contributed by atoms with Gasteiger partial charge in [-0.1, -0.05) is 26.0 Å². The Hall–Kier alpha value is -1.09. The largest absolute Gasteiger partial charge is 0.314 e. The van der Waals surface area contributed by atoms with Crippen molar-refractivity contribution >= 4 is 6.08 Å². The Bertz CT molecular complexity index is 300. The maximum absolute atomic E-state index is 4.21. The molecule has 0 aromatic carbocycles. The van der Waals surface area contributed by atoms with Crippen molar-refractivity contribution in [2.75, 3.05) is 6.54 Å². The molecule has 0 aliphatic carbocycles. The van der Waals surface area contributed by atoms with Crippen LogP contribution in [0.15, 0.2) is 18.5 Å². The van der Waals surface area contributed by atoms with Gasteiger partial charge in [0.1, 0.15) is 0 Å². The van der Waals surface area contributed by atoms with E-state index in [0.717, 1.165) is 19.5 Å². The first-order valence-corrected chi connectivity index (χ1v) is 5.64. The van der Waals surface area contributed by atoms with Crippen LogP contribution in [0.4, 0.5) is 0 Å². The fraction of sp³-hybridized carbons (Fsp3) is 0.583. The third-order valence-electron chi connectivity index (χ3n) is 2.15. The molecule has 3 nitrogen and oxygen atoms in total. The van der Waals surface area contributed by atoms with Crippen molar-refractivity contribution in [1.29, 1.82) is 0 Å². The first kappa shape index (κ1) is 12.0. The monoisotopic (exact) mass is 207 g/mol. The van der Waals surface area contributed by atoms with Gasteiger partial charge in [-0.05, 0) is 19.9 Å². The van der Waals surface area contributed by atoms with Gasteiger partial charge in [-0.25, -0.2) is 0 Å². The minimum absolute atomic E-state index is 0.571. The Morgan fingerprint density at radius 1 is 1.53 bits per heavy atom. The number of aryl methyl sites for hydroxylation is 1. The van der Waals surface area contributed by atoms with E-state index in [1.165, 1.54) is 5.56 Å². The molecule has 1 aromatic heterocycles. The second-order valence-corrected chi connectivity index (χ2v) is 3.93. The van der Waals surface area contributed by atoms with Crippen molar-refractivity contribution in [3.05, 3.63) is 24.0 Å². The number of hydrogen-bond acceptors (Lipinski definition) is 2. The highest BCUT2D eigenvalue weighted by Crippen LogP contribution is 2.01. The number of hydrogen-bond donors (Lipinski definition) is 1. The zero-order valence-corrected chi connectivity index (χ0v) is 9.90. The van der Waals surface area contributed by atoms with E-state index >= 15 is 0 Å². The minimum atomic E-state index is 0.571. The summed E-state index contributed by atoms with van der Waals surface area (Å²) in [5, 5.41) is 7.59. The van der Waals surface area contributed by atoms with Crippen LogP contribution >= 0.6 is 0 Å². The second-order valence-electron chi connectivity index (χ2n) is 3.93. The molecule has 1 aromatic rings. The Balaban J connectivity index is 2.25. The molecule has 0 atom stereocenters. The summed E-state index contributed by atoms with van der Waals surface area (Å²) in [5.41, 5.74) is 1.18. The van der Waals surface area contributed by atoms with Crippen LogP contribution in [0.25, 0.3) is 6.08 Å². The zero-order chi connectivity index (χ0) is 11.1. The van der Waals surface area contributed by atoms with Gasteiger partial charge in [-0.2, -0.15) is 5.10 Å². The van der Waals surface area contributed by atoms with E-state index in [1.54, 1.807) is 0 Å². The number of nitrogens with zero attached hydrogens (tertiary/aromatic N) is 2. The van der Waals surface area contributed by atoms with Crippen LogP contribution in [0.2, 0.25) is 0 Å². The standard InChI is InChI=1S/C12H21N3/c1-4-15-10-12(9-14-15)7-5-6-8-13-11(2)3/h5,7,9-11,13H,4,6,8H2,1-3H3. The molecule has 1 N–H and O–H groups in total. The van der Waals surface area contributed by atoms with Gasteiger partial charge in [0, 0.05) is 24.3 Å². The average molecular weight is 207 g/mol. The lowest BCUT2D eigenvalue weighted by atomic mass is 10.3. The van der Waals surface area contributed by atoms with Crippen molar-refractivity contribution in [2.45, 2.75) is 39.8 Å². The van der Waals surface area contributed by atoms with Crippen molar-refractivity contribution in [3.8, 4) is 0 Å². The molecule has 0 aliphatic heterocycles. The third kappa shape index (κ3) is 4.79. The van der Waals surface area contributed by atoms with Gasteiger partial charge < -0.3 is 5.32 Å². The van der Waals surface area contributed by atoms with E-state index in [1.807, 2.05) is 10.9 Å². The summed E-state index contributed by atoms with van der Waals surface area (Å²) in [4.78, 5) is 0. The van der Waals surface area contributed by atoms with Crippen molar-refractivity contribution in [3.63, 3.8) is 0 Å². The van der Waals surface area contributed by atoms with E-state index in [4.69, 9.17) is 0 Å². The molecule has 0 aliphatic rings. The fourth-order valence-corrected chi connectivity index (χ4v) is 1.31. The summed E-state index contributed by atoms with van der Waals surface area (Å²) in [6.45, 7) is 8.38. The predicted octanol–water partition coefficient (Wildman–Crippen LogP) is 2.30. The van der Waals surface area contributed by atoms with Crippen LogP contribution < -0.4 is 5.32 Å². The quantitative estimate of drug-likeness (QED) is 0.725. The molecule has 0 amide bonds. The Kier molecular flexibility index (Phi) is 5.12. The Labute approximate surface area is 92.2 Å². The second kappa shape index (κ2) is 6.40. The first-order valence-electron chi connectivity index (χ1n) is 5.64. The normalized spacial score (nSPS) is 11.7. The first-order chi connectivity index (χ1) is 7.22. The van der Waals surface area contributed by atoms with E-state index in [-0.39, 0.29) is 0 Å². The van der Waals surface area contributed by atoms with Crippen LogP contribution in [-0.4, -0.2) is 22.4 Å². The van der Waals surface area contributed by atoms with Crippen molar-refractivity contribution < 1.29 is 0 Å². The Morgan fingerprint density at radius 3 is 2.93 bits per heavy atom. The van der Waals surface area contributed by atoms with Gasteiger partial charge >= 0.3 is 0 Å². The van der Waals surface area contributed by atoms with E-state index in [9.17, 15) is 0 Å². The topological polar surface area (TPSA) is 29.9 Å². The molecule has 3 heteroatoms. The smallest absolute Gasteiger partial charge is 0.0562 e. The summed E-state index contributed by atoms with van der Waals surface area (Å²) in [5.74, 6) is 0. The van der Waals surface area contributed by atoms with Crippen molar-refractivity contribution in [2.24, 2.45) is 0 Å². The molecule has 0 saturated heterocycles. The molecule has 0 spiro atoms.